The van der Waals surface area contributed by atoms with Crippen LogP contribution in [0.2, 0.25) is 0 Å². The first-order valence-electron chi connectivity index (χ1n) is 48.2. The van der Waals surface area contributed by atoms with E-state index in [-0.39, 0.29) is 104 Å². The van der Waals surface area contributed by atoms with Crippen LogP contribution in [0.1, 0.15) is 103 Å². The van der Waals surface area contributed by atoms with E-state index >= 15 is 0 Å². The van der Waals surface area contributed by atoms with Crippen LogP contribution in [0.3, 0.4) is 0 Å². The number of likely N-dealkylation sites (N-methyl/N-ethyl adjacent to an activating group) is 3. The summed E-state index contributed by atoms with van der Waals surface area (Å²) >= 11 is 0. The SMILES string of the molecule is C.C=CS(=C)O.CC(C)(C)C(=O)C[S+]1CCCC1.CC1CCCCC1.CN(CCO)CCO.CN1CCN(C)CC1.O=C(C[S+]1CCCC1)c1ccccc1.[Br-].[Br-].[O-]OON1CCOCC1.c1ccc([S+](c2ccccc2)c2ccccc2)cc1.c1ccc([S+](c2ccccc2)c2ccccc2)cc1.c1ccc([S+](c2ccccc2)c2ccccc2)cc1.c1ccc([S+](c2ccccc2)c2ccccc2)cc1. The van der Waals surface area contributed by atoms with Crippen molar-refractivity contribution in [2.75, 3.05) is 134 Å². The van der Waals surface area contributed by atoms with Gasteiger partial charge in [-0.15, -0.1) is 4.99 Å². The number of ketones is 2. The van der Waals surface area contributed by atoms with Gasteiger partial charge in [0.2, 0.25) is 5.78 Å². The smallest absolute Gasteiger partial charge is 0.211 e. The van der Waals surface area contributed by atoms with Crippen LogP contribution in [0.15, 0.2) is 465 Å². The number of aliphatic hydroxyl groups is 2. The molecule has 4 aliphatic heterocycles. The van der Waals surface area contributed by atoms with Gasteiger partial charge in [0.25, 0.3) is 0 Å². The molecule has 5 aliphatic rings. The number of carbonyl (C=O) groups excluding carboxylic acids is 2. The van der Waals surface area contributed by atoms with Crippen LogP contribution in [-0.4, -0.2) is 186 Å². The van der Waals surface area contributed by atoms with Gasteiger partial charge in [-0.3, -0.25) is 14.6 Å². The molecule has 4 heterocycles. The standard InChI is InChI=1S/4C18H15S.C12H15OS.C10H19OS.C7H14.C6H14N2.C5H13NO2.C4H9NO4.C3H6OS.CH4.2BrH/c4*1-4-10-16(11-5-1)19(17-12-6-2-7-13-17)18-14-8-3-9-15-18;13-12(10-14-8-4-5-9-14)11-6-2-1-3-7-11;1-10(2,3)9(11)8-12-6-4-5-7-12;1-7-5-3-2-4-6-7;1-7-3-5-8(2)6-4-7;1-6(2-4-7)3-5-8;6-9-8-5-1-3-7-4-2-5;1-3-5(2)4;;;/h4*1-15H;1-3,6-7H,4-5,8-10H2;4-8H2,1-3H3;7H,2-6H2,1H3;3-6H2,1-2H3;7-8H,2-5H2,1H3;6H,1-4H2;3-4H,1-2H2;1H4;2*1H/q6*+1;;;;;;;;/p-3. The lowest BCUT2D eigenvalue weighted by molar-refractivity contribution is -0.827. The quantitative estimate of drug-likeness (QED) is 0.0173. The molecule has 5 fully saturated rings. The van der Waals surface area contributed by atoms with Gasteiger partial charge in [-0.05, 0) is 242 Å². The lowest BCUT2D eigenvalue weighted by Gasteiger charge is -2.28. The highest BCUT2D eigenvalue weighted by Crippen LogP contribution is 2.36. The predicted octanol–water partition coefficient (Wildman–Crippen LogP) is 19.2. The molecule has 1 unspecified atom stereocenters. The molecule has 18 rings (SSSR count). The molecule has 142 heavy (non-hydrogen) atoms. The van der Waals surface area contributed by atoms with Gasteiger partial charge >= 0.3 is 0 Å². The number of ether oxygens (including phenoxy) is 1. The molecular formula is C120H153Br2N4O9S7+3. The summed E-state index contributed by atoms with van der Waals surface area (Å²) in [6.07, 6.45) is 12.8. The van der Waals surface area contributed by atoms with Gasteiger partial charge in [-0.25, -0.2) is 0 Å². The molecule has 0 amide bonds. The summed E-state index contributed by atoms with van der Waals surface area (Å²) in [5.74, 6) is 11.8. The molecule has 13 aromatic rings. The van der Waals surface area contributed by atoms with Crippen LogP contribution in [0.25, 0.3) is 0 Å². The Morgan fingerprint density at radius 1 is 0.408 bits per heavy atom. The normalized spacial score (nSPS) is 14.3. The number of aliphatic hydroxyl groups excluding tert-OH is 2. The predicted molar refractivity (Wildman–Crippen MR) is 601 cm³/mol. The fourth-order valence-corrected chi connectivity index (χ4v) is 27.8. The van der Waals surface area contributed by atoms with E-state index in [9.17, 15) is 14.8 Å². The highest BCUT2D eigenvalue weighted by atomic mass is 79.9. The van der Waals surface area contributed by atoms with E-state index in [1.807, 2.05) is 63.1 Å². The molecule has 1 atom stereocenters. The van der Waals surface area contributed by atoms with Crippen molar-refractivity contribution in [3.8, 4) is 0 Å². The minimum Gasteiger partial charge on any atom is -1.00 e. The highest BCUT2D eigenvalue weighted by Gasteiger charge is 2.35. The number of carbonyl (C=O) groups is 2. The fraction of sp³-hybridized carbons (Fsp3) is 0.308. The third-order valence-electron chi connectivity index (χ3n) is 22.5. The zero-order valence-electron chi connectivity index (χ0n) is 83.4. The van der Waals surface area contributed by atoms with Crippen molar-refractivity contribution >= 4 is 93.6 Å². The fourth-order valence-electron chi connectivity index (χ4n) is 14.7. The summed E-state index contributed by atoms with van der Waals surface area (Å²) in [6, 6.07) is 138. The maximum atomic E-state index is 11.8. The average molecular weight is 2180 g/mol. The van der Waals surface area contributed by atoms with Crippen LogP contribution in [0.5, 0.6) is 0 Å². The van der Waals surface area contributed by atoms with Gasteiger partial charge in [0.15, 0.2) is 76.0 Å². The lowest BCUT2D eigenvalue weighted by atomic mass is 9.91. The van der Waals surface area contributed by atoms with Gasteiger partial charge in [0, 0.05) is 50.2 Å². The van der Waals surface area contributed by atoms with Crippen molar-refractivity contribution in [1.29, 1.82) is 0 Å². The summed E-state index contributed by atoms with van der Waals surface area (Å²) in [7, 11) is 6.17. The molecule has 0 aromatic heterocycles. The molecule has 760 valence electrons. The Hall–Kier alpha value is -8.22. The maximum absolute atomic E-state index is 11.8. The van der Waals surface area contributed by atoms with E-state index in [1.165, 1.54) is 176 Å². The van der Waals surface area contributed by atoms with Crippen molar-refractivity contribution in [2.45, 2.75) is 152 Å². The van der Waals surface area contributed by atoms with E-state index < -0.39 is 10.8 Å². The Morgan fingerprint density at radius 2 is 0.627 bits per heavy atom. The van der Waals surface area contributed by atoms with Gasteiger partial charge in [0.05, 0.1) is 83.1 Å². The second kappa shape index (κ2) is 75.5. The number of Topliss-reactive ketones (excluding diaryl/α,β-unsaturated/α-hetero) is 2. The molecule has 13 aromatic carbocycles. The number of hydrogen-bond donors (Lipinski definition) is 3. The van der Waals surface area contributed by atoms with Crippen LogP contribution in [-0.2, 0) is 84.9 Å². The first kappa shape index (κ1) is 124. The summed E-state index contributed by atoms with van der Waals surface area (Å²) in [5, 5.41) is 32.1. The molecule has 1 saturated carbocycles. The zero-order valence-corrected chi connectivity index (χ0v) is 92.3. The molecule has 13 nitrogen and oxygen atoms in total. The third kappa shape index (κ3) is 49.8. The lowest BCUT2D eigenvalue weighted by Crippen LogP contribution is -3.00. The monoisotopic (exact) mass is 2180 g/mol. The molecule has 0 bridgehead atoms. The average Bonchev–Trinajstić information content (AvgIpc) is 1.03. The van der Waals surface area contributed by atoms with Crippen LogP contribution >= 0.6 is 10.8 Å². The largest absolute Gasteiger partial charge is 1.00 e. The first-order valence-corrected chi connectivity index (χ1v) is 58.0. The number of rotatable bonds is 24. The summed E-state index contributed by atoms with van der Waals surface area (Å²) in [4.78, 5) is 50.5. The number of piperazine rings is 1. The molecule has 1 aliphatic carbocycles. The minimum absolute atomic E-state index is 0. The first-order chi connectivity index (χ1) is 67.8. The Morgan fingerprint density at radius 3 is 0.817 bits per heavy atom. The summed E-state index contributed by atoms with van der Waals surface area (Å²) in [5.41, 5.74) is 0.766. The van der Waals surface area contributed by atoms with Crippen LogP contribution < -0.4 is 39.2 Å². The molecular weight excluding hydrogens is 2030 g/mol. The molecule has 0 radical (unpaired) electrons. The van der Waals surface area contributed by atoms with Crippen molar-refractivity contribution in [3.05, 3.63) is 412 Å². The van der Waals surface area contributed by atoms with Gasteiger partial charge in [-0.1, -0.05) is 323 Å². The van der Waals surface area contributed by atoms with Crippen molar-refractivity contribution in [3.63, 3.8) is 0 Å². The number of morpholine rings is 1. The Balaban J connectivity index is 0.000000281. The van der Waals surface area contributed by atoms with Crippen LogP contribution in [0.4, 0.5) is 0 Å². The summed E-state index contributed by atoms with van der Waals surface area (Å²) < 4.78 is 13.1. The van der Waals surface area contributed by atoms with Crippen molar-refractivity contribution in [1.82, 2.24) is 19.8 Å². The molecule has 0 spiro atoms. The van der Waals surface area contributed by atoms with Crippen molar-refractivity contribution < 1.29 is 78.3 Å². The Labute approximate surface area is 893 Å². The van der Waals surface area contributed by atoms with Crippen molar-refractivity contribution in [2.24, 2.45) is 11.3 Å². The highest BCUT2D eigenvalue weighted by molar-refractivity contribution is 8.11. The minimum atomic E-state index is -0.809. The molecule has 3 N–H and O–H groups in total. The number of hydrogen-bond acceptors (Lipinski definition) is 13. The van der Waals surface area contributed by atoms with E-state index in [4.69, 9.17) is 19.5 Å². The zero-order chi connectivity index (χ0) is 99.0. The summed E-state index contributed by atoms with van der Waals surface area (Å²) in [6.45, 7) is 20.6. The van der Waals surface area contributed by atoms with Gasteiger partial charge in [-0.2, -0.15) is 5.06 Å². The topological polar surface area (TPSA) is 159 Å². The van der Waals surface area contributed by atoms with Gasteiger partial charge < -0.3 is 73.4 Å². The van der Waals surface area contributed by atoms with Gasteiger partial charge in [0.1, 0.15) is 23.0 Å². The molecule has 4 saturated heterocycles. The van der Waals surface area contributed by atoms with E-state index in [0.29, 0.717) is 72.7 Å². The Kier molecular flexibility index (Phi) is 66.0. The molecule has 22 heteroatoms. The number of nitrogens with zero attached hydrogens (tertiary/aromatic N) is 4. The van der Waals surface area contributed by atoms with E-state index in [0.717, 1.165) is 23.0 Å². The second-order valence-electron chi connectivity index (χ2n) is 34.5. The number of halogens is 2. The maximum Gasteiger partial charge on any atom is 0.211 e. The second-order valence-corrected chi connectivity index (χ2v) is 48.4. The number of benzene rings is 13. The van der Waals surface area contributed by atoms with E-state index in [2.05, 4.69) is 417 Å². The Bertz CT molecular complexity index is 4430. The van der Waals surface area contributed by atoms with E-state index in [1.54, 1.807) is 0 Å². The third-order valence-corrected chi connectivity index (χ3v) is 36.6. The van der Waals surface area contributed by atoms with Crippen LogP contribution in [0, 0.1) is 11.3 Å². The number of hydroxylamine groups is 2.